The molecule has 1 unspecified atom stereocenters. The van der Waals surface area contributed by atoms with Gasteiger partial charge in [-0.25, -0.2) is 0 Å². The first-order valence-corrected chi connectivity index (χ1v) is 9.83. The molecule has 3 rings (SSSR count). The van der Waals surface area contributed by atoms with Gasteiger partial charge in [0.05, 0.1) is 7.11 Å². The highest BCUT2D eigenvalue weighted by molar-refractivity contribution is 5.85. The maximum atomic E-state index is 12.1. The Morgan fingerprint density at radius 3 is 2.71 bits per heavy atom. The quantitative estimate of drug-likeness (QED) is 0.616. The highest BCUT2D eigenvalue weighted by Gasteiger charge is 2.27. The standard InChI is InChI=1S/C22H30N4O2/c1-15(2)21(27)26-10-9-19(14-26)25-22(23-3)24-13-16-5-6-18-12-20(28-4)8-7-17(18)11-16/h5-8,11-12,15,19H,9-10,13-14H2,1-4H3,(H2,23,24,25). The van der Waals surface area contributed by atoms with Crippen LogP contribution in [0.15, 0.2) is 41.4 Å². The number of nitrogens with one attached hydrogen (secondary N) is 2. The SMILES string of the molecule is CN=C(NCc1ccc2cc(OC)ccc2c1)NC1CCN(C(=O)C(C)C)C1. The lowest BCUT2D eigenvalue weighted by molar-refractivity contribution is -0.133. The molecule has 2 aromatic carbocycles. The Bertz CT molecular complexity index is 863. The Morgan fingerprint density at radius 2 is 2.00 bits per heavy atom. The molecule has 1 amide bonds. The Morgan fingerprint density at radius 1 is 1.25 bits per heavy atom. The number of hydrogen-bond donors (Lipinski definition) is 2. The summed E-state index contributed by atoms with van der Waals surface area (Å²) in [6, 6.07) is 12.7. The maximum Gasteiger partial charge on any atom is 0.225 e. The number of aliphatic imine (C=N–C) groups is 1. The average Bonchev–Trinajstić information content (AvgIpc) is 3.18. The first-order valence-electron chi connectivity index (χ1n) is 9.83. The second-order valence-electron chi connectivity index (χ2n) is 7.54. The molecule has 0 aliphatic carbocycles. The van der Waals surface area contributed by atoms with Crippen LogP contribution in [0.2, 0.25) is 0 Å². The third kappa shape index (κ3) is 4.74. The molecular formula is C22H30N4O2. The van der Waals surface area contributed by atoms with Crippen LogP contribution >= 0.6 is 0 Å². The van der Waals surface area contributed by atoms with Crippen molar-refractivity contribution in [1.82, 2.24) is 15.5 Å². The van der Waals surface area contributed by atoms with Crippen molar-refractivity contribution in [1.29, 1.82) is 0 Å². The van der Waals surface area contributed by atoms with E-state index in [-0.39, 0.29) is 17.9 Å². The van der Waals surface area contributed by atoms with E-state index >= 15 is 0 Å². The molecule has 0 spiro atoms. The van der Waals surface area contributed by atoms with E-state index in [0.29, 0.717) is 6.54 Å². The molecule has 1 fully saturated rings. The second-order valence-corrected chi connectivity index (χ2v) is 7.54. The second kappa shape index (κ2) is 8.95. The van der Waals surface area contributed by atoms with Crippen LogP contribution in [0.1, 0.15) is 25.8 Å². The van der Waals surface area contributed by atoms with Crippen molar-refractivity contribution in [3.05, 3.63) is 42.0 Å². The van der Waals surface area contributed by atoms with Crippen molar-refractivity contribution < 1.29 is 9.53 Å². The van der Waals surface area contributed by atoms with E-state index in [4.69, 9.17) is 4.74 Å². The van der Waals surface area contributed by atoms with Gasteiger partial charge < -0.3 is 20.3 Å². The number of likely N-dealkylation sites (tertiary alicyclic amines) is 1. The average molecular weight is 383 g/mol. The van der Waals surface area contributed by atoms with Gasteiger partial charge in [-0.05, 0) is 41.0 Å². The minimum atomic E-state index is 0.0454. The number of ether oxygens (including phenoxy) is 1. The third-order valence-corrected chi connectivity index (χ3v) is 5.13. The fourth-order valence-electron chi connectivity index (χ4n) is 3.53. The third-order valence-electron chi connectivity index (χ3n) is 5.13. The molecule has 0 bridgehead atoms. The molecule has 0 aromatic heterocycles. The molecule has 1 saturated heterocycles. The van der Waals surface area contributed by atoms with Gasteiger partial charge in [-0.1, -0.05) is 32.0 Å². The van der Waals surface area contributed by atoms with Crippen LogP contribution < -0.4 is 15.4 Å². The van der Waals surface area contributed by atoms with E-state index in [1.165, 1.54) is 10.9 Å². The first-order chi connectivity index (χ1) is 13.5. The number of carbonyl (C=O) groups excluding carboxylic acids is 1. The van der Waals surface area contributed by atoms with Crippen molar-refractivity contribution in [3.8, 4) is 5.75 Å². The van der Waals surface area contributed by atoms with Gasteiger partial charge in [-0.15, -0.1) is 0 Å². The molecule has 6 heteroatoms. The van der Waals surface area contributed by atoms with Gasteiger partial charge in [0, 0.05) is 38.6 Å². The van der Waals surface area contributed by atoms with Crippen molar-refractivity contribution in [2.45, 2.75) is 32.9 Å². The molecular weight excluding hydrogens is 352 g/mol. The van der Waals surface area contributed by atoms with Crippen molar-refractivity contribution >= 4 is 22.6 Å². The van der Waals surface area contributed by atoms with E-state index in [1.807, 2.05) is 30.9 Å². The van der Waals surface area contributed by atoms with Crippen LogP contribution in [0.5, 0.6) is 5.75 Å². The summed E-state index contributed by atoms with van der Waals surface area (Å²) in [6.45, 7) is 6.12. The summed E-state index contributed by atoms with van der Waals surface area (Å²) >= 11 is 0. The lowest BCUT2D eigenvalue weighted by Crippen LogP contribution is -2.45. The summed E-state index contributed by atoms with van der Waals surface area (Å²) in [5.74, 6) is 1.90. The Kier molecular flexibility index (Phi) is 6.39. The number of nitrogens with zero attached hydrogens (tertiary/aromatic N) is 2. The van der Waals surface area contributed by atoms with Crippen molar-refractivity contribution in [3.63, 3.8) is 0 Å². The Labute approximate surface area is 167 Å². The normalized spacial score (nSPS) is 17.2. The molecule has 1 aliphatic rings. The lowest BCUT2D eigenvalue weighted by atomic mass is 10.1. The zero-order valence-corrected chi connectivity index (χ0v) is 17.2. The predicted octanol–water partition coefficient (Wildman–Crippen LogP) is 2.77. The summed E-state index contributed by atoms with van der Waals surface area (Å²) in [6.07, 6.45) is 0.941. The number of benzene rings is 2. The smallest absolute Gasteiger partial charge is 0.225 e. The van der Waals surface area contributed by atoms with Gasteiger partial charge in [0.25, 0.3) is 0 Å². The molecule has 150 valence electrons. The molecule has 1 aliphatic heterocycles. The van der Waals surface area contributed by atoms with Crippen molar-refractivity contribution in [2.75, 3.05) is 27.2 Å². The molecule has 1 heterocycles. The maximum absolute atomic E-state index is 12.1. The van der Waals surface area contributed by atoms with Crippen LogP contribution in [0.25, 0.3) is 10.8 Å². The molecule has 1 atom stereocenters. The number of hydrogen-bond acceptors (Lipinski definition) is 3. The zero-order chi connectivity index (χ0) is 20.1. The van der Waals surface area contributed by atoms with E-state index in [1.54, 1.807) is 14.2 Å². The number of methoxy groups -OCH3 is 1. The van der Waals surface area contributed by atoms with Gasteiger partial charge in [-0.2, -0.15) is 0 Å². The number of carbonyl (C=O) groups is 1. The van der Waals surface area contributed by atoms with Crippen LogP contribution in [-0.4, -0.2) is 50.1 Å². The van der Waals surface area contributed by atoms with E-state index in [9.17, 15) is 4.79 Å². The topological polar surface area (TPSA) is 66.0 Å². The largest absolute Gasteiger partial charge is 0.497 e. The number of fused-ring (bicyclic) bond motifs is 1. The fourth-order valence-corrected chi connectivity index (χ4v) is 3.53. The van der Waals surface area contributed by atoms with Crippen LogP contribution in [0.4, 0.5) is 0 Å². The Hall–Kier alpha value is -2.76. The Balaban J connectivity index is 1.56. The number of guanidine groups is 1. The predicted molar refractivity (Wildman–Crippen MR) is 114 cm³/mol. The summed E-state index contributed by atoms with van der Waals surface area (Å²) in [5, 5.41) is 9.16. The number of amides is 1. The van der Waals surface area contributed by atoms with Gasteiger partial charge in [-0.3, -0.25) is 9.79 Å². The van der Waals surface area contributed by atoms with E-state index in [2.05, 4.69) is 39.9 Å². The van der Waals surface area contributed by atoms with Crippen molar-refractivity contribution in [2.24, 2.45) is 10.9 Å². The molecule has 2 aromatic rings. The summed E-state index contributed by atoms with van der Waals surface area (Å²) in [5.41, 5.74) is 1.18. The molecule has 2 N–H and O–H groups in total. The number of rotatable bonds is 5. The van der Waals surface area contributed by atoms with Gasteiger partial charge in [0.15, 0.2) is 5.96 Å². The molecule has 6 nitrogen and oxygen atoms in total. The van der Waals surface area contributed by atoms with Crippen LogP contribution in [0.3, 0.4) is 0 Å². The van der Waals surface area contributed by atoms with Gasteiger partial charge in [0.2, 0.25) is 5.91 Å². The minimum absolute atomic E-state index is 0.0454. The highest BCUT2D eigenvalue weighted by atomic mass is 16.5. The van der Waals surface area contributed by atoms with E-state index in [0.717, 1.165) is 36.6 Å². The first kappa shape index (κ1) is 20.0. The summed E-state index contributed by atoms with van der Waals surface area (Å²) < 4.78 is 5.28. The molecule has 0 saturated carbocycles. The zero-order valence-electron chi connectivity index (χ0n) is 17.2. The van der Waals surface area contributed by atoms with Crippen LogP contribution in [-0.2, 0) is 11.3 Å². The highest BCUT2D eigenvalue weighted by Crippen LogP contribution is 2.21. The minimum Gasteiger partial charge on any atom is -0.497 e. The van der Waals surface area contributed by atoms with Gasteiger partial charge >= 0.3 is 0 Å². The fraction of sp³-hybridized carbons (Fsp3) is 0.455. The van der Waals surface area contributed by atoms with Gasteiger partial charge in [0.1, 0.15) is 5.75 Å². The monoisotopic (exact) mass is 382 g/mol. The summed E-state index contributed by atoms with van der Waals surface area (Å²) in [7, 11) is 3.45. The molecule has 0 radical (unpaired) electrons. The lowest BCUT2D eigenvalue weighted by Gasteiger charge is -2.20. The molecule has 28 heavy (non-hydrogen) atoms. The van der Waals surface area contributed by atoms with Crippen LogP contribution in [0, 0.1) is 5.92 Å². The van der Waals surface area contributed by atoms with E-state index < -0.39 is 0 Å². The summed E-state index contributed by atoms with van der Waals surface area (Å²) in [4.78, 5) is 18.4.